The van der Waals surface area contributed by atoms with Gasteiger partial charge in [-0.3, -0.25) is 14.4 Å². The lowest BCUT2D eigenvalue weighted by Crippen LogP contribution is -2.57. The van der Waals surface area contributed by atoms with E-state index in [0.717, 1.165) is 50.7 Å². The number of aromatic nitrogens is 1. The van der Waals surface area contributed by atoms with Crippen LogP contribution in [0.2, 0.25) is 0 Å². The third-order valence-electron chi connectivity index (χ3n) is 8.75. The Kier molecular flexibility index (Phi) is 10.6. The predicted molar refractivity (Wildman–Crippen MR) is 152 cm³/mol. The molecule has 0 unspecified atom stereocenters. The topological polar surface area (TPSA) is 114 Å². The zero-order valence-corrected chi connectivity index (χ0v) is 24.1. The van der Waals surface area contributed by atoms with Gasteiger partial charge < -0.3 is 24.8 Å². The Hall–Kier alpha value is -3.36. The van der Waals surface area contributed by atoms with Gasteiger partial charge in [-0.05, 0) is 54.7 Å². The van der Waals surface area contributed by atoms with Crippen LogP contribution in [0.15, 0.2) is 41.1 Å². The first-order valence-corrected chi connectivity index (χ1v) is 14.8. The van der Waals surface area contributed by atoms with Crippen LogP contribution in [0.4, 0.5) is 0 Å². The van der Waals surface area contributed by atoms with E-state index in [-0.39, 0.29) is 23.5 Å². The van der Waals surface area contributed by atoms with Crippen molar-refractivity contribution >= 4 is 17.7 Å². The maximum absolute atomic E-state index is 13.8. The molecule has 0 bridgehead atoms. The molecular weight excluding hydrogens is 508 g/mol. The van der Waals surface area contributed by atoms with Gasteiger partial charge in [0.1, 0.15) is 17.8 Å². The molecule has 40 heavy (non-hydrogen) atoms. The SMILES string of the molecule is CC[C@H](C)[C@H](NC(=O)[C@H](CC1CCCCC1)NC(=O)c1ccno1)C(=O)N1CCC(c2ccc(OC)cc2)CC1. The van der Waals surface area contributed by atoms with Crippen LogP contribution in [0.3, 0.4) is 0 Å². The van der Waals surface area contributed by atoms with E-state index in [1.165, 1.54) is 24.2 Å². The van der Waals surface area contributed by atoms with Crippen molar-refractivity contribution in [3.8, 4) is 5.75 Å². The van der Waals surface area contributed by atoms with Crippen LogP contribution in [0.5, 0.6) is 5.75 Å². The van der Waals surface area contributed by atoms with Crippen LogP contribution < -0.4 is 15.4 Å². The van der Waals surface area contributed by atoms with E-state index in [0.29, 0.717) is 31.3 Å². The van der Waals surface area contributed by atoms with Crippen LogP contribution >= 0.6 is 0 Å². The lowest BCUT2D eigenvalue weighted by Gasteiger charge is -2.36. The summed E-state index contributed by atoms with van der Waals surface area (Å²) in [7, 11) is 1.66. The third-order valence-corrected chi connectivity index (χ3v) is 8.75. The summed E-state index contributed by atoms with van der Waals surface area (Å²) in [4.78, 5) is 42.1. The molecule has 2 aliphatic rings. The number of nitrogens with one attached hydrogen (secondary N) is 2. The summed E-state index contributed by atoms with van der Waals surface area (Å²) in [5, 5.41) is 9.53. The lowest BCUT2D eigenvalue weighted by atomic mass is 9.84. The van der Waals surface area contributed by atoms with Crippen molar-refractivity contribution in [2.24, 2.45) is 11.8 Å². The average molecular weight is 553 g/mol. The van der Waals surface area contributed by atoms with E-state index in [2.05, 4.69) is 27.9 Å². The summed E-state index contributed by atoms with van der Waals surface area (Å²) >= 11 is 0. The molecule has 2 N–H and O–H groups in total. The van der Waals surface area contributed by atoms with Gasteiger partial charge in [-0.1, -0.05) is 69.7 Å². The highest BCUT2D eigenvalue weighted by Crippen LogP contribution is 2.30. The molecule has 3 atom stereocenters. The molecule has 1 aliphatic heterocycles. The minimum Gasteiger partial charge on any atom is -0.497 e. The molecule has 0 spiro atoms. The fourth-order valence-electron chi connectivity index (χ4n) is 5.99. The van der Waals surface area contributed by atoms with Gasteiger partial charge in [0.15, 0.2) is 0 Å². The number of methoxy groups -OCH3 is 1. The maximum Gasteiger partial charge on any atom is 0.290 e. The van der Waals surface area contributed by atoms with Gasteiger partial charge in [0, 0.05) is 19.2 Å². The number of likely N-dealkylation sites (tertiary alicyclic amines) is 1. The Labute approximate surface area is 237 Å². The highest BCUT2D eigenvalue weighted by molar-refractivity contribution is 5.96. The number of ether oxygens (including phenoxy) is 1. The molecule has 4 rings (SSSR count). The van der Waals surface area contributed by atoms with Crippen LogP contribution in [0.1, 0.15) is 93.7 Å². The second-order valence-corrected chi connectivity index (χ2v) is 11.4. The van der Waals surface area contributed by atoms with E-state index < -0.39 is 18.0 Å². The standard InChI is InChI=1S/C31H44N4O5/c1-4-21(2)28(31(38)35-18-15-24(16-19-35)23-10-12-25(39-3)13-11-23)34-29(36)26(20-22-8-6-5-7-9-22)33-30(37)27-14-17-32-40-27/h10-14,17,21-22,24,26,28H,4-9,15-16,18-20H2,1-3H3,(H,33,37)(H,34,36)/t21-,26-,28-/m0/s1. The summed E-state index contributed by atoms with van der Waals surface area (Å²) in [6.45, 7) is 5.31. The number of amides is 3. The molecule has 9 nitrogen and oxygen atoms in total. The van der Waals surface area contributed by atoms with Gasteiger partial charge in [0.05, 0.1) is 13.3 Å². The second-order valence-electron chi connectivity index (χ2n) is 11.4. The Morgan fingerprint density at radius 1 is 1.02 bits per heavy atom. The highest BCUT2D eigenvalue weighted by atomic mass is 16.5. The molecule has 1 saturated carbocycles. The van der Waals surface area contributed by atoms with Crippen LogP contribution in [-0.4, -0.2) is 60.1 Å². The Bertz CT molecular complexity index is 1090. The number of carbonyl (C=O) groups is 3. The minimum atomic E-state index is -0.749. The van der Waals surface area contributed by atoms with Gasteiger partial charge >= 0.3 is 0 Å². The zero-order valence-electron chi connectivity index (χ0n) is 24.1. The Morgan fingerprint density at radius 2 is 1.73 bits per heavy atom. The normalized spacial score (nSPS) is 18.9. The second kappa shape index (κ2) is 14.3. The smallest absolute Gasteiger partial charge is 0.290 e. The Balaban J connectivity index is 1.41. The van der Waals surface area contributed by atoms with Crippen molar-refractivity contribution in [2.45, 2.75) is 89.6 Å². The largest absolute Gasteiger partial charge is 0.497 e. The molecule has 2 fully saturated rings. The van der Waals surface area contributed by atoms with Crippen molar-refractivity contribution < 1.29 is 23.6 Å². The molecule has 1 aliphatic carbocycles. The van der Waals surface area contributed by atoms with Crippen molar-refractivity contribution in [3.05, 3.63) is 47.9 Å². The monoisotopic (exact) mass is 552 g/mol. The molecule has 1 saturated heterocycles. The fraction of sp³-hybridized carbons (Fsp3) is 0.613. The van der Waals surface area contributed by atoms with Crippen molar-refractivity contribution in [1.82, 2.24) is 20.7 Å². The van der Waals surface area contributed by atoms with E-state index in [4.69, 9.17) is 9.26 Å². The van der Waals surface area contributed by atoms with Crippen LogP contribution in [-0.2, 0) is 9.59 Å². The van der Waals surface area contributed by atoms with Gasteiger partial charge in [-0.2, -0.15) is 0 Å². The summed E-state index contributed by atoms with van der Waals surface area (Å²) < 4.78 is 10.3. The number of nitrogens with zero attached hydrogens (tertiary/aromatic N) is 2. The number of rotatable bonds is 11. The van der Waals surface area contributed by atoms with Crippen molar-refractivity contribution in [3.63, 3.8) is 0 Å². The Morgan fingerprint density at radius 3 is 2.33 bits per heavy atom. The lowest BCUT2D eigenvalue weighted by molar-refractivity contribution is -0.139. The summed E-state index contributed by atoms with van der Waals surface area (Å²) in [6, 6.07) is 8.24. The number of hydrogen-bond donors (Lipinski definition) is 2. The number of piperidine rings is 1. The van der Waals surface area contributed by atoms with E-state index in [1.807, 2.05) is 30.9 Å². The summed E-state index contributed by atoms with van der Waals surface area (Å²) in [5.74, 6) is 0.765. The van der Waals surface area contributed by atoms with Gasteiger partial charge in [0.25, 0.3) is 5.91 Å². The van der Waals surface area contributed by atoms with Gasteiger partial charge in [0.2, 0.25) is 17.6 Å². The molecular formula is C31H44N4O5. The van der Waals surface area contributed by atoms with Gasteiger partial charge in [-0.25, -0.2) is 0 Å². The van der Waals surface area contributed by atoms with Crippen molar-refractivity contribution in [1.29, 1.82) is 0 Å². The van der Waals surface area contributed by atoms with Crippen LogP contribution in [0, 0.1) is 11.8 Å². The maximum atomic E-state index is 13.8. The minimum absolute atomic E-state index is 0.0453. The summed E-state index contributed by atoms with van der Waals surface area (Å²) in [6.07, 6.45) is 9.99. The first-order valence-electron chi connectivity index (χ1n) is 14.8. The molecule has 1 aromatic carbocycles. The third kappa shape index (κ3) is 7.64. The molecule has 0 radical (unpaired) electrons. The quantitative estimate of drug-likeness (QED) is 0.418. The summed E-state index contributed by atoms with van der Waals surface area (Å²) in [5.41, 5.74) is 1.26. The zero-order chi connectivity index (χ0) is 28.5. The van der Waals surface area contributed by atoms with E-state index in [1.54, 1.807) is 7.11 Å². The number of hydrogen-bond acceptors (Lipinski definition) is 6. The molecule has 9 heteroatoms. The molecule has 1 aromatic heterocycles. The highest BCUT2D eigenvalue weighted by Gasteiger charge is 2.35. The molecule has 2 heterocycles. The van der Waals surface area contributed by atoms with Gasteiger partial charge in [-0.15, -0.1) is 0 Å². The molecule has 2 aromatic rings. The number of benzene rings is 1. The van der Waals surface area contributed by atoms with Crippen molar-refractivity contribution in [2.75, 3.05) is 20.2 Å². The first kappa shape index (κ1) is 29.6. The first-order chi connectivity index (χ1) is 19.4. The fourth-order valence-corrected chi connectivity index (χ4v) is 5.99. The van der Waals surface area contributed by atoms with Crippen LogP contribution in [0.25, 0.3) is 0 Å². The average Bonchev–Trinajstić information content (AvgIpc) is 3.55. The molecule has 218 valence electrons. The predicted octanol–water partition coefficient (Wildman–Crippen LogP) is 4.69. The van der Waals surface area contributed by atoms with E-state index >= 15 is 0 Å². The van der Waals surface area contributed by atoms with E-state index in [9.17, 15) is 14.4 Å². The molecule has 3 amide bonds. The number of carbonyl (C=O) groups excluding carboxylic acids is 3.